The van der Waals surface area contributed by atoms with Crippen LogP contribution in [0.2, 0.25) is 0 Å². The highest BCUT2D eigenvalue weighted by Crippen LogP contribution is 2.38. The molecule has 1 unspecified atom stereocenters. The summed E-state index contributed by atoms with van der Waals surface area (Å²) in [4.78, 5) is 0. The molecule has 6 heteroatoms. The fourth-order valence-corrected chi connectivity index (χ4v) is 4.15. The molecule has 1 atom stereocenters. The Morgan fingerprint density at radius 2 is 1.76 bits per heavy atom. The van der Waals surface area contributed by atoms with Crippen molar-refractivity contribution in [3.63, 3.8) is 0 Å². The summed E-state index contributed by atoms with van der Waals surface area (Å²) >= 11 is 4.94. The summed E-state index contributed by atoms with van der Waals surface area (Å²) in [6.45, 7) is 7.78. The van der Waals surface area contributed by atoms with Crippen molar-refractivity contribution >= 4 is 27.9 Å². The number of aliphatic hydroxyl groups excluding tert-OH is 1. The fourth-order valence-electron chi connectivity index (χ4n) is 3.77. The van der Waals surface area contributed by atoms with Gasteiger partial charge in [-0.05, 0) is 75.6 Å². The number of nitrogens with two attached hydrogens (primary N) is 1. The minimum Gasteiger partial charge on any atom is -0.388 e. The Hall–Kier alpha value is -0.110. The lowest BCUT2D eigenvalue weighted by Gasteiger charge is -2.27. The van der Waals surface area contributed by atoms with Crippen LogP contribution < -0.4 is 5.14 Å². The van der Waals surface area contributed by atoms with Gasteiger partial charge in [-0.3, -0.25) is 5.14 Å². The quantitative estimate of drug-likeness (QED) is 0.466. The van der Waals surface area contributed by atoms with Crippen LogP contribution in [-0.2, 0) is 9.47 Å². The molecule has 2 aliphatic rings. The van der Waals surface area contributed by atoms with Crippen LogP contribution >= 0.6 is 27.9 Å². The lowest BCUT2D eigenvalue weighted by atomic mass is 9.81. The van der Waals surface area contributed by atoms with Gasteiger partial charge in [-0.1, -0.05) is 53.2 Å². The molecule has 0 bridgehead atoms. The third kappa shape index (κ3) is 9.28. The number of halogens is 1. The molecular weight excluding hydrogens is 450 g/mol. The smallest absolute Gasteiger partial charge is 0.157 e. The average Bonchev–Trinajstić information content (AvgIpc) is 2.73. The Balaban J connectivity index is 0.000000438. The van der Waals surface area contributed by atoms with Gasteiger partial charge in [0.15, 0.2) is 6.29 Å². The highest BCUT2D eigenvalue weighted by Gasteiger charge is 2.23. The summed E-state index contributed by atoms with van der Waals surface area (Å²) in [5, 5.41) is 16.0. The topological polar surface area (TPSA) is 64.7 Å². The largest absolute Gasteiger partial charge is 0.388 e. The van der Waals surface area contributed by atoms with Crippen LogP contribution in [0.4, 0.5) is 0 Å². The van der Waals surface area contributed by atoms with Crippen LogP contribution in [0, 0.1) is 0 Å². The molecule has 166 valence electrons. The summed E-state index contributed by atoms with van der Waals surface area (Å²) in [6.07, 6.45) is 8.25. The first kappa shape index (κ1) is 25.2. The summed E-state index contributed by atoms with van der Waals surface area (Å²) in [7, 11) is 0. The zero-order valence-corrected chi connectivity index (χ0v) is 20.6. The van der Waals surface area contributed by atoms with Crippen molar-refractivity contribution in [2.45, 2.75) is 95.2 Å². The number of rotatable bonds is 5. The van der Waals surface area contributed by atoms with Crippen molar-refractivity contribution in [1.29, 1.82) is 0 Å². The maximum absolute atomic E-state index is 10.8. The lowest BCUT2D eigenvalue weighted by Crippen LogP contribution is -2.25. The number of hydrogen-bond donors (Lipinski definition) is 2. The molecule has 3 N–H and O–H groups in total. The van der Waals surface area contributed by atoms with E-state index in [0.717, 1.165) is 36.1 Å². The molecule has 0 spiro atoms. The molecule has 29 heavy (non-hydrogen) atoms. The first-order chi connectivity index (χ1) is 13.8. The fraction of sp³-hybridized carbons (Fsp3) is 0.739. The van der Waals surface area contributed by atoms with E-state index in [1.807, 2.05) is 0 Å². The molecule has 0 aromatic heterocycles. The van der Waals surface area contributed by atoms with Gasteiger partial charge < -0.3 is 14.6 Å². The van der Waals surface area contributed by atoms with E-state index in [4.69, 9.17) is 14.6 Å². The molecule has 0 radical (unpaired) electrons. The van der Waals surface area contributed by atoms with Crippen LogP contribution in [0.25, 0.3) is 0 Å². The summed E-state index contributed by atoms with van der Waals surface area (Å²) < 4.78 is 12.5. The van der Waals surface area contributed by atoms with Gasteiger partial charge in [0.25, 0.3) is 0 Å². The third-order valence-corrected chi connectivity index (χ3v) is 6.58. The van der Waals surface area contributed by atoms with Crippen molar-refractivity contribution in [1.82, 2.24) is 0 Å². The molecule has 1 aromatic carbocycles. The van der Waals surface area contributed by atoms with Crippen LogP contribution in [-0.4, -0.2) is 29.4 Å². The van der Waals surface area contributed by atoms with E-state index in [-0.39, 0.29) is 11.0 Å². The predicted octanol–water partition coefficient (Wildman–Crippen LogP) is 6.47. The maximum Gasteiger partial charge on any atom is 0.157 e. The first-order valence-electron chi connectivity index (χ1n) is 10.9. The second-order valence-corrected chi connectivity index (χ2v) is 11.3. The minimum absolute atomic E-state index is 0.149. The van der Waals surface area contributed by atoms with Crippen molar-refractivity contribution in [3.05, 3.63) is 33.8 Å². The zero-order chi connectivity index (χ0) is 21.3. The Labute approximate surface area is 189 Å². The monoisotopic (exact) mass is 487 g/mol. The molecule has 1 aliphatic carbocycles. The third-order valence-electron chi connectivity index (χ3n) is 5.38. The van der Waals surface area contributed by atoms with E-state index in [2.05, 4.69) is 54.9 Å². The first-order valence-corrected chi connectivity index (χ1v) is 12.6. The van der Waals surface area contributed by atoms with Gasteiger partial charge in [0.05, 0.1) is 19.3 Å². The van der Waals surface area contributed by atoms with Crippen LogP contribution in [0.1, 0.15) is 95.3 Å². The molecule has 1 aliphatic heterocycles. The van der Waals surface area contributed by atoms with E-state index >= 15 is 0 Å². The van der Waals surface area contributed by atoms with Gasteiger partial charge in [0, 0.05) is 15.6 Å². The standard InChI is InChI=1S/C19H27BrO3.C4H11NS/c20-15-7-8-16(14-5-2-1-3-6-14)17(13-15)18(21)9-10-19-22-11-4-12-23-19;1-4(2,3)6-5/h7-8,13-14,18-19,21H,1-6,9-12H2;5H2,1-3H3. The molecule has 2 fully saturated rings. The molecule has 1 saturated carbocycles. The summed E-state index contributed by atoms with van der Waals surface area (Å²) in [6, 6.07) is 6.40. The Kier molecular flexibility index (Phi) is 11.0. The molecule has 1 heterocycles. The predicted molar refractivity (Wildman–Crippen MR) is 126 cm³/mol. The molecule has 1 aromatic rings. The molecule has 0 amide bonds. The van der Waals surface area contributed by atoms with Crippen LogP contribution in [0.15, 0.2) is 22.7 Å². The van der Waals surface area contributed by atoms with E-state index in [9.17, 15) is 5.11 Å². The highest BCUT2D eigenvalue weighted by molar-refractivity contribution is 9.10. The normalized spacial score (nSPS) is 20.1. The zero-order valence-electron chi connectivity index (χ0n) is 18.2. The lowest BCUT2D eigenvalue weighted by molar-refractivity contribution is -0.183. The van der Waals surface area contributed by atoms with Gasteiger partial charge in [-0.2, -0.15) is 0 Å². The summed E-state index contributed by atoms with van der Waals surface area (Å²) in [5.74, 6) is 0.601. The van der Waals surface area contributed by atoms with Gasteiger partial charge >= 0.3 is 0 Å². The molecular formula is C23H38BrNO3S. The molecule has 1 saturated heterocycles. The second kappa shape index (κ2) is 12.7. The van der Waals surface area contributed by atoms with Crippen molar-refractivity contribution in [2.24, 2.45) is 5.14 Å². The SMILES string of the molecule is CC(C)(C)SN.OC(CCC1OCCCO1)c1cc(Br)ccc1C1CCCCC1. The molecule has 3 rings (SSSR count). The number of benzene rings is 1. The number of aliphatic hydroxyl groups is 1. The Bertz CT molecular complexity index is 596. The number of ether oxygens (including phenoxy) is 2. The van der Waals surface area contributed by atoms with Gasteiger partial charge in [0.2, 0.25) is 0 Å². The van der Waals surface area contributed by atoms with E-state index in [1.54, 1.807) is 0 Å². The van der Waals surface area contributed by atoms with Crippen molar-refractivity contribution < 1.29 is 14.6 Å². The Morgan fingerprint density at radius 3 is 2.34 bits per heavy atom. The maximum atomic E-state index is 10.8. The highest BCUT2D eigenvalue weighted by atomic mass is 79.9. The molecule has 4 nitrogen and oxygen atoms in total. The van der Waals surface area contributed by atoms with Crippen molar-refractivity contribution in [3.8, 4) is 0 Å². The number of hydrogen-bond acceptors (Lipinski definition) is 5. The minimum atomic E-state index is -0.446. The Morgan fingerprint density at radius 1 is 1.14 bits per heavy atom. The second-order valence-electron chi connectivity index (χ2n) is 8.96. The van der Waals surface area contributed by atoms with Crippen LogP contribution in [0.3, 0.4) is 0 Å². The van der Waals surface area contributed by atoms with E-state index < -0.39 is 6.10 Å². The van der Waals surface area contributed by atoms with Crippen molar-refractivity contribution in [2.75, 3.05) is 13.2 Å². The van der Waals surface area contributed by atoms with E-state index in [0.29, 0.717) is 12.3 Å². The van der Waals surface area contributed by atoms with Crippen LogP contribution in [0.5, 0.6) is 0 Å². The van der Waals surface area contributed by atoms with Gasteiger partial charge in [-0.25, -0.2) is 0 Å². The van der Waals surface area contributed by atoms with Gasteiger partial charge in [0.1, 0.15) is 0 Å². The average molecular weight is 489 g/mol. The summed E-state index contributed by atoms with van der Waals surface area (Å²) in [5.41, 5.74) is 2.42. The van der Waals surface area contributed by atoms with E-state index in [1.165, 1.54) is 49.6 Å². The van der Waals surface area contributed by atoms with Gasteiger partial charge in [-0.15, -0.1) is 0 Å².